The van der Waals surface area contributed by atoms with Gasteiger partial charge in [0.2, 0.25) is 0 Å². The fourth-order valence-electron chi connectivity index (χ4n) is 2.01. The van der Waals surface area contributed by atoms with E-state index in [0.717, 1.165) is 43.9 Å². The van der Waals surface area contributed by atoms with Crippen molar-refractivity contribution in [1.29, 1.82) is 0 Å². The van der Waals surface area contributed by atoms with Gasteiger partial charge in [-0.2, -0.15) is 0 Å². The van der Waals surface area contributed by atoms with Crippen molar-refractivity contribution >= 4 is 11.8 Å². The SMILES string of the molecule is CCCc1cc(C(=O)O)cc(N(C)CCCN(C)C)n1. The van der Waals surface area contributed by atoms with Gasteiger partial charge in [-0.15, -0.1) is 0 Å². The van der Waals surface area contributed by atoms with Gasteiger partial charge in [0, 0.05) is 19.3 Å². The topological polar surface area (TPSA) is 56.7 Å². The normalized spacial score (nSPS) is 10.8. The third kappa shape index (κ3) is 5.17. The lowest BCUT2D eigenvalue weighted by Crippen LogP contribution is -2.24. The predicted molar refractivity (Wildman–Crippen MR) is 81.6 cm³/mol. The van der Waals surface area contributed by atoms with Gasteiger partial charge in [0.15, 0.2) is 0 Å². The van der Waals surface area contributed by atoms with Crippen molar-refractivity contribution in [3.05, 3.63) is 23.4 Å². The van der Waals surface area contributed by atoms with Gasteiger partial charge in [-0.25, -0.2) is 9.78 Å². The van der Waals surface area contributed by atoms with Crippen LogP contribution in [0.4, 0.5) is 5.82 Å². The number of hydrogen-bond donors (Lipinski definition) is 1. The zero-order valence-electron chi connectivity index (χ0n) is 12.9. The van der Waals surface area contributed by atoms with Crippen LogP contribution < -0.4 is 4.90 Å². The summed E-state index contributed by atoms with van der Waals surface area (Å²) in [6, 6.07) is 3.32. The van der Waals surface area contributed by atoms with Crippen molar-refractivity contribution in [2.45, 2.75) is 26.2 Å². The molecule has 0 radical (unpaired) electrons. The first-order valence-corrected chi connectivity index (χ1v) is 7.04. The van der Waals surface area contributed by atoms with Crippen LogP contribution in [0.25, 0.3) is 0 Å². The van der Waals surface area contributed by atoms with E-state index in [1.54, 1.807) is 12.1 Å². The van der Waals surface area contributed by atoms with Gasteiger partial charge in [-0.05, 0) is 45.6 Å². The van der Waals surface area contributed by atoms with E-state index in [4.69, 9.17) is 0 Å². The van der Waals surface area contributed by atoms with E-state index in [2.05, 4.69) is 16.8 Å². The monoisotopic (exact) mass is 279 g/mol. The molecular weight excluding hydrogens is 254 g/mol. The summed E-state index contributed by atoms with van der Waals surface area (Å²) in [5, 5.41) is 9.18. The van der Waals surface area contributed by atoms with E-state index >= 15 is 0 Å². The quantitative estimate of drug-likeness (QED) is 0.790. The minimum absolute atomic E-state index is 0.318. The van der Waals surface area contributed by atoms with Crippen molar-refractivity contribution in [3.63, 3.8) is 0 Å². The molecule has 1 rings (SSSR count). The van der Waals surface area contributed by atoms with Crippen molar-refractivity contribution < 1.29 is 9.90 Å². The van der Waals surface area contributed by atoms with Crippen molar-refractivity contribution in [2.24, 2.45) is 0 Å². The highest BCUT2D eigenvalue weighted by molar-refractivity contribution is 5.88. The molecule has 0 aliphatic rings. The Labute approximate surface area is 121 Å². The van der Waals surface area contributed by atoms with E-state index in [-0.39, 0.29) is 0 Å². The summed E-state index contributed by atoms with van der Waals surface area (Å²) in [6.45, 7) is 3.93. The van der Waals surface area contributed by atoms with Gasteiger partial charge in [0.1, 0.15) is 5.82 Å². The summed E-state index contributed by atoms with van der Waals surface area (Å²) in [7, 11) is 6.05. The first-order chi connectivity index (χ1) is 9.43. The molecule has 1 heterocycles. The summed E-state index contributed by atoms with van der Waals surface area (Å²) in [5.74, 6) is -0.153. The Morgan fingerprint density at radius 1 is 1.25 bits per heavy atom. The number of hydrogen-bond acceptors (Lipinski definition) is 4. The highest BCUT2D eigenvalue weighted by atomic mass is 16.4. The molecule has 0 aliphatic carbocycles. The second-order valence-electron chi connectivity index (χ2n) is 5.34. The predicted octanol–water partition coefficient (Wildman–Crippen LogP) is 2.12. The molecule has 0 unspecified atom stereocenters. The molecule has 0 spiro atoms. The Balaban J connectivity index is 2.83. The van der Waals surface area contributed by atoms with Crippen molar-refractivity contribution in [3.8, 4) is 0 Å². The van der Waals surface area contributed by atoms with Gasteiger partial charge < -0.3 is 14.9 Å². The van der Waals surface area contributed by atoms with Crippen LogP contribution in [0, 0.1) is 0 Å². The number of aromatic carboxylic acids is 1. The number of aromatic nitrogens is 1. The number of carboxylic acid groups (broad SMARTS) is 1. The largest absolute Gasteiger partial charge is 0.478 e. The molecule has 0 amide bonds. The molecular formula is C15H25N3O2. The highest BCUT2D eigenvalue weighted by Gasteiger charge is 2.11. The van der Waals surface area contributed by atoms with Gasteiger partial charge in [-0.3, -0.25) is 0 Å². The van der Waals surface area contributed by atoms with Gasteiger partial charge in [-0.1, -0.05) is 13.3 Å². The van der Waals surface area contributed by atoms with Crippen LogP contribution in [0.3, 0.4) is 0 Å². The standard InChI is InChI=1S/C15H25N3O2/c1-5-7-13-10-12(15(19)20)11-14(16-13)18(4)9-6-8-17(2)3/h10-11H,5-9H2,1-4H3,(H,19,20). The highest BCUT2D eigenvalue weighted by Crippen LogP contribution is 2.15. The van der Waals surface area contributed by atoms with Crippen LogP contribution in [0.1, 0.15) is 35.8 Å². The molecule has 112 valence electrons. The number of anilines is 1. The number of rotatable bonds is 8. The van der Waals surface area contributed by atoms with Crippen molar-refractivity contribution in [2.75, 3.05) is 39.1 Å². The average Bonchev–Trinajstić information content (AvgIpc) is 2.38. The Morgan fingerprint density at radius 3 is 2.50 bits per heavy atom. The van der Waals surface area contributed by atoms with Crippen LogP contribution in [-0.4, -0.2) is 55.2 Å². The zero-order valence-corrected chi connectivity index (χ0v) is 12.9. The van der Waals surface area contributed by atoms with Gasteiger partial charge in [0.25, 0.3) is 0 Å². The maximum absolute atomic E-state index is 11.2. The second kappa shape index (κ2) is 7.85. The van der Waals surface area contributed by atoms with E-state index in [1.165, 1.54) is 0 Å². The maximum Gasteiger partial charge on any atom is 0.335 e. The zero-order chi connectivity index (χ0) is 15.1. The first-order valence-electron chi connectivity index (χ1n) is 7.04. The Morgan fingerprint density at radius 2 is 1.95 bits per heavy atom. The molecule has 1 aromatic heterocycles. The molecule has 0 aromatic carbocycles. The third-order valence-electron chi connectivity index (χ3n) is 3.11. The average molecular weight is 279 g/mol. The van der Waals surface area contributed by atoms with Crippen LogP contribution in [0.15, 0.2) is 12.1 Å². The lowest BCUT2D eigenvalue weighted by molar-refractivity contribution is 0.0696. The molecule has 0 fully saturated rings. The number of aryl methyl sites for hydroxylation is 1. The smallest absolute Gasteiger partial charge is 0.335 e. The minimum Gasteiger partial charge on any atom is -0.478 e. The molecule has 20 heavy (non-hydrogen) atoms. The summed E-state index contributed by atoms with van der Waals surface area (Å²) >= 11 is 0. The van der Waals surface area contributed by atoms with E-state index < -0.39 is 5.97 Å². The first kappa shape index (κ1) is 16.4. The van der Waals surface area contributed by atoms with E-state index in [9.17, 15) is 9.90 Å². The van der Waals surface area contributed by atoms with Gasteiger partial charge >= 0.3 is 5.97 Å². The number of carbonyl (C=O) groups is 1. The summed E-state index contributed by atoms with van der Waals surface area (Å²) in [5.41, 5.74) is 1.17. The maximum atomic E-state index is 11.2. The third-order valence-corrected chi connectivity index (χ3v) is 3.11. The minimum atomic E-state index is -0.896. The van der Waals surface area contributed by atoms with Gasteiger partial charge in [0.05, 0.1) is 5.56 Å². The van der Waals surface area contributed by atoms with Crippen LogP contribution >= 0.6 is 0 Å². The summed E-state index contributed by atoms with van der Waals surface area (Å²) < 4.78 is 0. The molecule has 5 heteroatoms. The fraction of sp³-hybridized carbons (Fsp3) is 0.600. The van der Waals surface area contributed by atoms with Crippen LogP contribution in [0.2, 0.25) is 0 Å². The number of nitrogens with zero attached hydrogens (tertiary/aromatic N) is 3. The molecule has 0 saturated heterocycles. The van der Waals surface area contributed by atoms with Crippen molar-refractivity contribution in [1.82, 2.24) is 9.88 Å². The second-order valence-corrected chi connectivity index (χ2v) is 5.34. The Hall–Kier alpha value is -1.62. The fourth-order valence-corrected chi connectivity index (χ4v) is 2.01. The molecule has 0 aliphatic heterocycles. The van der Waals surface area contributed by atoms with Crippen LogP contribution in [-0.2, 0) is 6.42 Å². The molecule has 0 bridgehead atoms. The molecule has 5 nitrogen and oxygen atoms in total. The number of carboxylic acids is 1. The number of pyridine rings is 1. The molecule has 1 aromatic rings. The van der Waals surface area contributed by atoms with E-state index in [1.807, 2.05) is 26.0 Å². The lowest BCUT2D eigenvalue weighted by atomic mass is 10.1. The van der Waals surface area contributed by atoms with E-state index in [0.29, 0.717) is 5.56 Å². The Bertz CT molecular complexity index is 447. The summed E-state index contributed by atoms with van der Waals surface area (Å²) in [4.78, 5) is 19.9. The summed E-state index contributed by atoms with van der Waals surface area (Å²) in [6.07, 6.45) is 2.78. The lowest BCUT2D eigenvalue weighted by Gasteiger charge is -2.20. The molecule has 0 saturated carbocycles. The molecule has 0 atom stereocenters. The molecule has 1 N–H and O–H groups in total. The van der Waals surface area contributed by atoms with Crippen LogP contribution in [0.5, 0.6) is 0 Å². The Kier molecular flexibility index (Phi) is 6.45.